The van der Waals surface area contributed by atoms with Crippen LogP contribution in [0.5, 0.6) is 0 Å². The van der Waals surface area contributed by atoms with Crippen LogP contribution >= 0.6 is 36.2 Å². The Morgan fingerprint density at radius 2 is 0.872 bits per heavy atom. The Bertz CT molecular complexity index is 536. The maximum Gasteiger partial charge on any atom is 0.0748 e. The molecule has 0 aliphatic rings. The van der Waals surface area contributed by atoms with Gasteiger partial charge in [0.1, 0.15) is 0 Å². The number of unbranched alkanes of at least 4 members (excludes halogenated alkanes) is 23. The Hall–Kier alpha value is 0.330. The van der Waals surface area contributed by atoms with Gasteiger partial charge in [0.05, 0.1) is 4.99 Å². The normalized spacial score (nSPS) is 12.1. The summed E-state index contributed by atoms with van der Waals surface area (Å²) in [4.78, 5) is 3.48. The van der Waals surface area contributed by atoms with Crippen LogP contribution < -0.4 is 0 Å². The van der Waals surface area contributed by atoms with E-state index < -0.39 is 0 Å². The second-order valence-electron chi connectivity index (χ2n) is 12.1. The molecular weight excluding hydrogens is 531 g/mol. The highest BCUT2D eigenvalue weighted by molar-refractivity contribution is 8.23. The number of hydrogen-bond acceptors (Lipinski definition) is 3. The van der Waals surface area contributed by atoms with Crippen molar-refractivity contribution in [3.8, 4) is 0 Å². The molecule has 4 heteroatoms. The van der Waals surface area contributed by atoms with Gasteiger partial charge in [-0.15, -0.1) is 11.8 Å². The van der Waals surface area contributed by atoms with E-state index in [1.807, 2.05) is 11.8 Å². The third-order valence-electron chi connectivity index (χ3n) is 8.02. The quantitative estimate of drug-likeness (QED) is 0.0596. The first kappa shape index (κ1) is 39.3. The summed E-state index contributed by atoms with van der Waals surface area (Å²) in [5.74, 6) is 0. The van der Waals surface area contributed by atoms with Gasteiger partial charge < -0.3 is 4.90 Å². The van der Waals surface area contributed by atoms with E-state index in [9.17, 15) is 0 Å². The summed E-state index contributed by atoms with van der Waals surface area (Å²) in [6.45, 7) is 11.2. The van der Waals surface area contributed by atoms with Gasteiger partial charge in [-0.1, -0.05) is 193 Å². The van der Waals surface area contributed by atoms with Crippen LogP contribution in [0.2, 0.25) is 0 Å². The lowest BCUT2D eigenvalue weighted by molar-refractivity contribution is 0.406. The summed E-state index contributed by atoms with van der Waals surface area (Å²) < 4.78 is 1.21. The number of hydrogen-bond donors (Lipinski definition) is 0. The van der Waals surface area contributed by atoms with E-state index in [1.54, 1.807) is 0 Å². The van der Waals surface area contributed by atoms with Crippen LogP contribution in [0.25, 0.3) is 0 Å². The Labute approximate surface area is 262 Å². The van der Waals surface area contributed by atoms with Crippen LogP contribution in [-0.4, -0.2) is 32.4 Å². The van der Waals surface area contributed by atoms with Gasteiger partial charge in [-0.3, -0.25) is 0 Å². The molecular formula is C35H69NS3. The summed E-state index contributed by atoms with van der Waals surface area (Å²) in [6, 6.07) is 0. The van der Waals surface area contributed by atoms with Crippen LogP contribution in [0.15, 0.2) is 0 Å². The molecule has 0 aromatic carbocycles. The molecule has 0 saturated heterocycles. The van der Waals surface area contributed by atoms with E-state index in [4.69, 9.17) is 24.4 Å². The molecule has 0 spiro atoms. The van der Waals surface area contributed by atoms with E-state index in [0.29, 0.717) is 5.25 Å². The van der Waals surface area contributed by atoms with E-state index >= 15 is 0 Å². The minimum atomic E-state index is 0.523. The van der Waals surface area contributed by atoms with Crippen LogP contribution in [0, 0.1) is 0 Å². The van der Waals surface area contributed by atoms with Gasteiger partial charge >= 0.3 is 0 Å². The predicted octanol–water partition coefficient (Wildman–Crippen LogP) is 13.3. The fourth-order valence-corrected chi connectivity index (χ4v) is 7.21. The molecule has 0 aliphatic heterocycles. The highest BCUT2D eigenvalue weighted by atomic mass is 32.2. The Balaban J connectivity index is 3.67. The molecule has 1 unspecified atom stereocenters. The maximum absolute atomic E-state index is 5.74. The molecule has 0 amide bonds. The largest absolute Gasteiger partial charge is 0.365 e. The molecule has 232 valence electrons. The van der Waals surface area contributed by atoms with Gasteiger partial charge in [-0.2, -0.15) is 0 Å². The lowest BCUT2D eigenvalue weighted by Crippen LogP contribution is -2.34. The predicted molar refractivity (Wildman–Crippen MR) is 191 cm³/mol. The fraction of sp³-hybridized carbons (Fsp3) is 0.943. The SMILES string of the molecule is CCCCCCCCCCCCCCCC(=S)SC(C)CN(CCCCCCCCCCCCCC)C(C)=S. The Kier molecular flexibility index (Phi) is 31.5. The lowest BCUT2D eigenvalue weighted by atomic mass is 10.0. The topological polar surface area (TPSA) is 3.24 Å². The molecule has 1 nitrogen and oxygen atoms in total. The zero-order chi connectivity index (χ0) is 28.8. The average molecular weight is 600 g/mol. The standard InChI is InChI=1S/C35H69NS3/c1-5-7-9-11-13-15-17-19-20-22-24-26-28-30-35(38)39-33(3)32-36(34(4)37)31-29-27-25-23-21-18-16-14-12-10-8-6-2/h33H,5-32H2,1-4H3. The zero-order valence-electron chi connectivity index (χ0n) is 27.0. The summed E-state index contributed by atoms with van der Waals surface area (Å²) in [7, 11) is 0. The smallest absolute Gasteiger partial charge is 0.0748 e. The highest BCUT2D eigenvalue weighted by Gasteiger charge is 2.13. The highest BCUT2D eigenvalue weighted by Crippen LogP contribution is 2.21. The average Bonchev–Trinajstić information content (AvgIpc) is 2.91. The molecule has 0 fully saturated rings. The third kappa shape index (κ3) is 29.6. The van der Waals surface area contributed by atoms with Crippen LogP contribution in [-0.2, 0) is 0 Å². The Morgan fingerprint density at radius 1 is 0.538 bits per heavy atom. The first-order valence-corrected chi connectivity index (χ1v) is 19.2. The molecule has 0 rings (SSSR count). The maximum atomic E-state index is 5.74. The second kappa shape index (κ2) is 31.3. The minimum absolute atomic E-state index is 0.523. The fourth-order valence-electron chi connectivity index (χ4n) is 5.44. The molecule has 0 N–H and O–H groups in total. The van der Waals surface area contributed by atoms with Gasteiger partial charge in [-0.25, -0.2) is 0 Å². The molecule has 1 atom stereocenters. The van der Waals surface area contributed by atoms with Gasteiger partial charge in [-0.05, 0) is 26.2 Å². The number of thiocarbonyl (C=S) groups is 2. The van der Waals surface area contributed by atoms with E-state index in [1.165, 1.54) is 165 Å². The van der Waals surface area contributed by atoms with Crippen molar-refractivity contribution in [3.05, 3.63) is 0 Å². The molecule has 0 aromatic rings. The third-order valence-corrected chi connectivity index (χ3v) is 9.79. The van der Waals surface area contributed by atoms with E-state index in [2.05, 4.69) is 32.6 Å². The number of nitrogens with zero attached hydrogens (tertiary/aromatic N) is 1. The summed E-state index contributed by atoms with van der Waals surface area (Å²) in [5.41, 5.74) is 0. The monoisotopic (exact) mass is 599 g/mol. The van der Waals surface area contributed by atoms with Gasteiger partial charge in [0, 0.05) is 22.5 Å². The van der Waals surface area contributed by atoms with Crippen molar-refractivity contribution < 1.29 is 0 Å². The van der Waals surface area contributed by atoms with Crippen LogP contribution in [0.4, 0.5) is 0 Å². The molecule has 0 radical (unpaired) electrons. The van der Waals surface area contributed by atoms with Crippen molar-refractivity contribution in [1.29, 1.82) is 0 Å². The molecule has 0 bridgehead atoms. The van der Waals surface area contributed by atoms with Gasteiger partial charge in [0.15, 0.2) is 0 Å². The van der Waals surface area contributed by atoms with E-state index in [-0.39, 0.29) is 0 Å². The van der Waals surface area contributed by atoms with Gasteiger partial charge in [0.25, 0.3) is 0 Å². The molecule has 39 heavy (non-hydrogen) atoms. The summed E-state index contributed by atoms with van der Waals surface area (Å²) >= 11 is 13.2. The molecule has 0 aromatic heterocycles. The van der Waals surface area contributed by atoms with Crippen molar-refractivity contribution in [3.63, 3.8) is 0 Å². The second-order valence-corrected chi connectivity index (χ2v) is 15.0. The zero-order valence-corrected chi connectivity index (χ0v) is 29.5. The summed E-state index contributed by atoms with van der Waals surface area (Å²) in [6.07, 6.45) is 36.2. The summed E-state index contributed by atoms with van der Waals surface area (Å²) in [5, 5.41) is 0.523. The van der Waals surface area contributed by atoms with Crippen LogP contribution in [0.1, 0.15) is 195 Å². The molecule has 0 heterocycles. The number of rotatable bonds is 30. The molecule has 0 saturated carbocycles. The van der Waals surface area contributed by atoms with E-state index in [0.717, 1.165) is 24.5 Å². The van der Waals surface area contributed by atoms with Crippen molar-refractivity contribution in [2.75, 3.05) is 13.1 Å². The Morgan fingerprint density at radius 3 is 1.23 bits per heavy atom. The van der Waals surface area contributed by atoms with Gasteiger partial charge in [0.2, 0.25) is 0 Å². The first-order valence-electron chi connectivity index (χ1n) is 17.5. The van der Waals surface area contributed by atoms with Crippen molar-refractivity contribution in [2.24, 2.45) is 0 Å². The first-order chi connectivity index (χ1) is 19.0. The minimum Gasteiger partial charge on any atom is -0.365 e. The molecule has 0 aliphatic carbocycles. The lowest BCUT2D eigenvalue weighted by Gasteiger charge is -2.26. The van der Waals surface area contributed by atoms with Crippen molar-refractivity contribution in [2.45, 2.75) is 200 Å². The number of thioether (sulfide) groups is 1. The van der Waals surface area contributed by atoms with Crippen LogP contribution in [0.3, 0.4) is 0 Å². The van der Waals surface area contributed by atoms with Crippen molar-refractivity contribution in [1.82, 2.24) is 4.90 Å². The van der Waals surface area contributed by atoms with Crippen molar-refractivity contribution >= 4 is 45.4 Å².